The summed E-state index contributed by atoms with van der Waals surface area (Å²) in [6.07, 6.45) is -3.51. The zero-order valence-corrected chi connectivity index (χ0v) is 14.6. The number of benzene rings is 1. The minimum Gasteiger partial charge on any atom is -0.394 e. The first-order valence-corrected chi connectivity index (χ1v) is 9.68. The second-order valence-electron chi connectivity index (χ2n) is 6.18. The maximum atomic E-state index is 10.4. The molecule has 5 N–H and O–H groups in total. The topological polar surface area (TPSA) is 110 Å². The molecule has 0 radical (unpaired) electrons. The van der Waals surface area contributed by atoms with Crippen LogP contribution < -0.4 is 0 Å². The van der Waals surface area contributed by atoms with E-state index in [2.05, 4.69) is 0 Å². The fourth-order valence-corrected chi connectivity index (χ4v) is 5.58. The van der Waals surface area contributed by atoms with Gasteiger partial charge >= 0.3 is 0 Å². The van der Waals surface area contributed by atoms with Gasteiger partial charge < -0.3 is 30.3 Å². The van der Waals surface area contributed by atoms with Crippen molar-refractivity contribution in [1.29, 1.82) is 0 Å². The maximum Gasteiger partial charge on any atom is 0.169 e. The van der Waals surface area contributed by atoms with Crippen molar-refractivity contribution in [3.05, 3.63) is 35.4 Å². The Morgan fingerprint density at radius 1 is 1.25 bits per heavy atom. The Labute approximate surface area is 145 Å². The Morgan fingerprint density at radius 2 is 1.96 bits per heavy atom. The Kier molecular flexibility index (Phi) is 7.49. The van der Waals surface area contributed by atoms with Crippen molar-refractivity contribution in [2.24, 2.45) is 0 Å². The van der Waals surface area contributed by atoms with Crippen LogP contribution in [0.25, 0.3) is 0 Å². The summed E-state index contributed by atoms with van der Waals surface area (Å²) in [6.45, 7) is 1.70. The SMILES string of the molecule is Cc1ccccc1CO[C@@H](CO)[C@H](O)C[S+]1C[C@@H](O)[C@H](O)[C@H]1CO. The van der Waals surface area contributed by atoms with Gasteiger partial charge in [-0.15, -0.1) is 0 Å². The van der Waals surface area contributed by atoms with Gasteiger partial charge in [-0.25, -0.2) is 0 Å². The Balaban J connectivity index is 1.91. The van der Waals surface area contributed by atoms with E-state index in [9.17, 15) is 25.5 Å². The maximum absolute atomic E-state index is 10.4. The quantitative estimate of drug-likeness (QED) is 0.379. The lowest BCUT2D eigenvalue weighted by Crippen LogP contribution is -2.42. The van der Waals surface area contributed by atoms with Crippen LogP contribution in [0.3, 0.4) is 0 Å². The monoisotopic (exact) mass is 359 g/mol. The van der Waals surface area contributed by atoms with Crippen molar-refractivity contribution >= 4 is 10.9 Å². The summed E-state index contributed by atoms with van der Waals surface area (Å²) in [5.74, 6) is 0.623. The second kappa shape index (κ2) is 9.15. The zero-order chi connectivity index (χ0) is 17.7. The summed E-state index contributed by atoms with van der Waals surface area (Å²) in [5.41, 5.74) is 2.07. The largest absolute Gasteiger partial charge is 0.394 e. The summed E-state index contributed by atoms with van der Waals surface area (Å²) in [6, 6.07) is 7.75. The first-order valence-electron chi connectivity index (χ1n) is 8.06. The fraction of sp³-hybridized carbons (Fsp3) is 0.647. The molecule has 6 nitrogen and oxygen atoms in total. The van der Waals surface area contributed by atoms with Crippen molar-refractivity contribution in [3.63, 3.8) is 0 Å². The van der Waals surface area contributed by atoms with Crippen LogP contribution in [0.5, 0.6) is 0 Å². The van der Waals surface area contributed by atoms with E-state index in [0.29, 0.717) is 5.75 Å². The molecule has 1 heterocycles. The van der Waals surface area contributed by atoms with Crippen molar-refractivity contribution in [3.8, 4) is 0 Å². The number of hydrogen-bond donors (Lipinski definition) is 5. The molecule has 2 rings (SSSR count). The van der Waals surface area contributed by atoms with E-state index in [4.69, 9.17) is 4.74 Å². The van der Waals surface area contributed by atoms with Gasteiger partial charge in [0.1, 0.15) is 35.9 Å². The van der Waals surface area contributed by atoms with Gasteiger partial charge in [0, 0.05) is 10.9 Å². The minimum absolute atomic E-state index is 0.234. The fourth-order valence-electron chi connectivity index (χ4n) is 2.87. The van der Waals surface area contributed by atoms with E-state index in [1.54, 1.807) is 0 Å². The molecule has 0 bridgehead atoms. The highest BCUT2D eigenvalue weighted by atomic mass is 32.2. The summed E-state index contributed by atoms with van der Waals surface area (Å²) in [7, 11) is -0.521. The van der Waals surface area contributed by atoms with Gasteiger partial charge in [0.05, 0.1) is 19.8 Å². The third kappa shape index (κ3) is 4.70. The molecule has 0 spiro atoms. The lowest BCUT2D eigenvalue weighted by Gasteiger charge is -2.22. The van der Waals surface area contributed by atoms with Crippen LogP contribution in [0.15, 0.2) is 24.3 Å². The van der Waals surface area contributed by atoms with E-state index in [-0.39, 0.29) is 25.6 Å². The molecule has 24 heavy (non-hydrogen) atoms. The summed E-state index contributed by atoms with van der Waals surface area (Å²) in [4.78, 5) is 0. The normalized spacial score (nSPS) is 29.6. The Bertz CT molecular complexity index is 514. The summed E-state index contributed by atoms with van der Waals surface area (Å²) in [5, 5.41) is 48.4. The molecule has 1 aliphatic rings. The number of rotatable bonds is 8. The first-order chi connectivity index (χ1) is 11.5. The highest BCUT2D eigenvalue weighted by molar-refractivity contribution is 7.97. The highest BCUT2D eigenvalue weighted by Gasteiger charge is 2.50. The molecule has 0 saturated carbocycles. The summed E-state index contributed by atoms with van der Waals surface area (Å²) >= 11 is 0. The van der Waals surface area contributed by atoms with Gasteiger partial charge in [0.25, 0.3) is 0 Å². The third-order valence-electron chi connectivity index (χ3n) is 4.48. The van der Waals surface area contributed by atoms with E-state index < -0.39 is 40.6 Å². The van der Waals surface area contributed by atoms with Gasteiger partial charge in [-0.3, -0.25) is 0 Å². The van der Waals surface area contributed by atoms with Crippen LogP contribution in [0, 0.1) is 6.92 Å². The van der Waals surface area contributed by atoms with Gasteiger partial charge in [-0.1, -0.05) is 24.3 Å². The Hall–Kier alpha value is -0.670. The van der Waals surface area contributed by atoms with E-state index in [1.807, 2.05) is 31.2 Å². The van der Waals surface area contributed by atoms with Crippen molar-refractivity contribution < 1.29 is 30.3 Å². The van der Waals surface area contributed by atoms with E-state index in [0.717, 1.165) is 11.1 Å². The van der Waals surface area contributed by atoms with Crippen molar-refractivity contribution in [2.45, 2.75) is 43.2 Å². The molecule has 1 aromatic carbocycles. The van der Waals surface area contributed by atoms with Crippen LogP contribution >= 0.6 is 0 Å². The average Bonchev–Trinajstić information content (AvgIpc) is 2.83. The highest BCUT2D eigenvalue weighted by Crippen LogP contribution is 2.25. The van der Waals surface area contributed by atoms with Gasteiger partial charge in [-0.05, 0) is 18.1 Å². The zero-order valence-electron chi connectivity index (χ0n) is 13.8. The number of hydrogen-bond acceptors (Lipinski definition) is 6. The molecule has 136 valence electrons. The molecule has 1 aliphatic heterocycles. The number of aryl methyl sites for hydroxylation is 1. The molecule has 0 aliphatic carbocycles. The lowest BCUT2D eigenvalue weighted by molar-refractivity contribution is -0.0624. The van der Waals surface area contributed by atoms with Gasteiger partial charge in [0.15, 0.2) is 5.25 Å². The molecule has 1 unspecified atom stereocenters. The average molecular weight is 359 g/mol. The lowest BCUT2D eigenvalue weighted by atomic mass is 10.1. The van der Waals surface area contributed by atoms with Crippen LogP contribution in [-0.4, -0.2) is 79.9 Å². The second-order valence-corrected chi connectivity index (χ2v) is 8.52. The van der Waals surface area contributed by atoms with E-state index >= 15 is 0 Å². The van der Waals surface area contributed by atoms with Crippen LogP contribution in [0.1, 0.15) is 11.1 Å². The Morgan fingerprint density at radius 3 is 2.58 bits per heavy atom. The molecule has 6 atom stereocenters. The van der Waals surface area contributed by atoms with Crippen LogP contribution in [0.4, 0.5) is 0 Å². The molecule has 7 heteroatoms. The number of ether oxygens (including phenoxy) is 1. The van der Waals surface area contributed by atoms with E-state index in [1.165, 1.54) is 0 Å². The molecule has 0 amide bonds. The predicted molar refractivity (Wildman–Crippen MR) is 92.8 cm³/mol. The number of aliphatic hydroxyl groups excluding tert-OH is 5. The molecular weight excluding hydrogens is 332 g/mol. The number of aliphatic hydroxyl groups is 5. The van der Waals surface area contributed by atoms with Gasteiger partial charge in [0.2, 0.25) is 0 Å². The van der Waals surface area contributed by atoms with Crippen LogP contribution in [-0.2, 0) is 22.2 Å². The van der Waals surface area contributed by atoms with Crippen molar-refractivity contribution in [1.82, 2.24) is 0 Å². The molecule has 1 saturated heterocycles. The molecule has 1 fully saturated rings. The third-order valence-corrected chi connectivity index (χ3v) is 7.30. The summed E-state index contributed by atoms with van der Waals surface area (Å²) < 4.78 is 5.67. The van der Waals surface area contributed by atoms with Crippen LogP contribution in [0.2, 0.25) is 0 Å². The standard InChI is InChI=1S/C17H27O6S/c1-11-4-2-3-5-12(11)8-23-15(6-18)13(20)9-24-10-14(21)17(22)16(24)7-19/h2-5,13-22H,6-10H2,1H3/q+1/t13-,14-,15+,16-,17+,24?/m1/s1. The molecule has 0 aromatic heterocycles. The molecule has 1 aromatic rings. The molecular formula is C17H27O6S+. The van der Waals surface area contributed by atoms with Crippen molar-refractivity contribution in [2.75, 3.05) is 24.7 Å². The predicted octanol–water partition coefficient (Wildman–Crippen LogP) is -1.05. The minimum atomic E-state index is -0.967. The first kappa shape index (κ1) is 19.7. The van der Waals surface area contributed by atoms with Gasteiger partial charge in [-0.2, -0.15) is 0 Å². The smallest absolute Gasteiger partial charge is 0.169 e.